The first kappa shape index (κ1) is 24.4. The minimum absolute atomic E-state index is 0. The van der Waals surface area contributed by atoms with Crippen molar-refractivity contribution in [3.05, 3.63) is 73.8 Å². The SMILES string of the molecule is C=CCn1[c]([V][c]2nc3ccccc3n2CC=C)nc2ccccc21.Cl.Cl.Cl. The summed E-state index contributed by atoms with van der Waals surface area (Å²) < 4.78 is 6.69. The third kappa shape index (κ3) is 4.48. The van der Waals surface area contributed by atoms with Crippen molar-refractivity contribution < 1.29 is 16.3 Å². The standard InChI is InChI=1S/2C10H9N2.3ClH.V/c2*1-2-7-12-8-11-9-5-3-4-6-10(9)12;;;;/h2*2-6H,1,7H2;3*1H;. The molecule has 2 heterocycles. The predicted octanol–water partition coefficient (Wildman–Crippen LogP) is 4.06. The van der Waals surface area contributed by atoms with Crippen LogP contribution in [0.25, 0.3) is 22.1 Å². The molecule has 0 radical (unpaired) electrons. The fourth-order valence-corrected chi connectivity index (χ4v) is 4.74. The van der Waals surface area contributed by atoms with Gasteiger partial charge in [-0.3, -0.25) is 0 Å². The van der Waals surface area contributed by atoms with Crippen molar-refractivity contribution in [2.45, 2.75) is 13.1 Å². The van der Waals surface area contributed by atoms with Crippen molar-refractivity contribution >= 4 is 68.4 Å². The molecular formula is C20H21Cl3N4V. The Kier molecular flexibility index (Phi) is 9.35. The molecule has 0 unspecified atom stereocenters. The molecule has 0 saturated carbocycles. The van der Waals surface area contributed by atoms with Crippen LogP contribution in [0.15, 0.2) is 73.8 Å². The third-order valence-electron chi connectivity index (χ3n) is 4.09. The topological polar surface area (TPSA) is 35.6 Å². The fourth-order valence-electron chi connectivity index (χ4n) is 3.00. The second-order valence-corrected chi connectivity index (χ2v) is 7.31. The summed E-state index contributed by atoms with van der Waals surface area (Å²) in [7, 11) is 0. The zero-order valence-electron chi connectivity index (χ0n) is 15.1. The van der Waals surface area contributed by atoms with Gasteiger partial charge in [0.15, 0.2) is 0 Å². The number of hydrogen-bond donors (Lipinski definition) is 0. The van der Waals surface area contributed by atoms with Gasteiger partial charge < -0.3 is 0 Å². The summed E-state index contributed by atoms with van der Waals surface area (Å²) in [4.78, 5) is 9.75. The van der Waals surface area contributed by atoms with Crippen molar-refractivity contribution in [1.82, 2.24) is 19.1 Å². The zero-order valence-corrected chi connectivity index (χ0v) is 18.9. The van der Waals surface area contributed by atoms with Gasteiger partial charge in [0, 0.05) is 0 Å². The van der Waals surface area contributed by atoms with Crippen LogP contribution in [0.3, 0.4) is 0 Å². The maximum absolute atomic E-state index is 4.88. The van der Waals surface area contributed by atoms with E-state index in [4.69, 9.17) is 9.97 Å². The summed E-state index contributed by atoms with van der Waals surface area (Å²) in [6, 6.07) is 16.5. The van der Waals surface area contributed by atoms with Gasteiger partial charge in [-0.05, 0) is 0 Å². The number of allylic oxidation sites excluding steroid dienone is 2. The van der Waals surface area contributed by atoms with E-state index in [-0.39, 0.29) is 53.5 Å². The fraction of sp³-hybridized carbons (Fsp3) is 0.100. The summed E-state index contributed by atoms with van der Waals surface area (Å²) in [6.07, 6.45) is 3.84. The Hall–Kier alpha value is -1.69. The van der Waals surface area contributed by atoms with Crippen LogP contribution in [0.4, 0.5) is 0 Å². The largest absolute Gasteiger partial charge is 0.147 e. The number of imidazole rings is 2. The first-order valence-electron chi connectivity index (χ1n) is 8.16. The van der Waals surface area contributed by atoms with Crippen molar-refractivity contribution in [2.24, 2.45) is 0 Å². The summed E-state index contributed by atoms with van der Waals surface area (Å²) in [5.41, 5.74) is 4.36. The van der Waals surface area contributed by atoms with E-state index in [2.05, 4.69) is 58.7 Å². The molecule has 2 aromatic heterocycles. The molecule has 0 saturated heterocycles. The van der Waals surface area contributed by atoms with Gasteiger partial charge in [-0.15, -0.1) is 37.2 Å². The molecule has 0 fully saturated rings. The molecule has 4 nitrogen and oxygen atoms in total. The Morgan fingerprint density at radius 3 is 1.50 bits per heavy atom. The maximum Gasteiger partial charge on any atom is -0.147 e. The van der Waals surface area contributed by atoms with Gasteiger partial charge in [-0.25, -0.2) is 0 Å². The Balaban J connectivity index is 0.00000131. The Labute approximate surface area is 190 Å². The van der Waals surface area contributed by atoms with Crippen LogP contribution < -0.4 is 9.07 Å². The van der Waals surface area contributed by atoms with Gasteiger partial charge in [0.2, 0.25) is 0 Å². The first-order valence-corrected chi connectivity index (χ1v) is 9.55. The number of hydrogen-bond acceptors (Lipinski definition) is 2. The molecule has 28 heavy (non-hydrogen) atoms. The number of aromatic nitrogens is 4. The molecule has 0 aliphatic rings. The Morgan fingerprint density at radius 1 is 0.714 bits per heavy atom. The minimum atomic E-state index is -0.351. The first-order chi connectivity index (χ1) is 12.3. The Bertz CT molecular complexity index is 1000. The van der Waals surface area contributed by atoms with E-state index in [9.17, 15) is 0 Å². The van der Waals surface area contributed by atoms with Gasteiger partial charge in [0.25, 0.3) is 0 Å². The van der Waals surface area contributed by atoms with E-state index in [0.29, 0.717) is 0 Å². The molecule has 8 heteroatoms. The van der Waals surface area contributed by atoms with Gasteiger partial charge in [0.05, 0.1) is 0 Å². The molecule has 0 bridgehead atoms. The summed E-state index contributed by atoms with van der Waals surface area (Å²) >= 11 is -0.351. The molecule has 0 atom stereocenters. The molecule has 4 rings (SSSR count). The van der Waals surface area contributed by atoms with E-state index >= 15 is 0 Å². The normalized spacial score (nSPS) is 9.86. The molecule has 0 amide bonds. The third-order valence-corrected chi connectivity index (χ3v) is 5.78. The number of halogens is 3. The molecule has 0 aliphatic carbocycles. The molecule has 0 aliphatic heterocycles. The minimum Gasteiger partial charge on any atom is -0.147 e. The van der Waals surface area contributed by atoms with Crippen LogP contribution in [-0.4, -0.2) is 19.1 Å². The quantitative estimate of drug-likeness (QED) is 0.395. The smallest absolute Gasteiger partial charge is 0.147 e. The molecule has 4 aromatic rings. The number of fused-ring (bicyclic) bond motifs is 2. The van der Waals surface area contributed by atoms with E-state index in [1.807, 2.05) is 24.3 Å². The average molecular weight is 475 g/mol. The molecule has 147 valence electrons. The predicted molar refractivity (Wildman–Crippen MR) is 121 cm³/mol. The maximum atomic E-state index is 4.88. The van der Waals surface area contributed by atoms with Crippen molar-refractivity contribution in [3.8, 4) is 0 Å². The van der Waals surface area contributed by atoms with Crippen LogP contribution in [0, 0.1) is 0 Å². The molecule has 0 N–H and O–H groups in total. The van der Waals surface area contributed by atoms with Crippen LogP contribution in [-0.2, 0) is 29.4 Å². The van der Waals surface area contributed by atoms with Crippen LogP contribution in [0.5, 0.6) is 0 Å². The van der Waals surface area contributed by atoms with Crippen molar-refractivity contribution in [1.29, 1.82) is 0 Å². The van der Waals surface area contributed by atoms with E-state index in [0.717, 1.165) is 44.2 Å². The summed E-state index contributed by atoms with van der Waals surface area (Å²) in [6.45, 7) is 9.31. The number of para-hydroxylation sites is 4. The summed E-state index contributed by atoms with van der Waals surface area (Å²) in [5.74, 6) is 0. The number of rotatable bonds is 6. The van der Waals surface area contributed by atoms with E-state index < -0.39 is 0 Å². The van der Waals surface area contributed by atoms with Gasteiger partial charge in [0.1, 0.15) is 0 Å². The van der Waals surface area contributed by atoms with Gasteiger partial charge >= 0.3 is 153 Å². The number of nitrogens with zero attached hydrogens (tertiary/aromatic N) is 4. The molecule has 2 aromatic carbocycles. The van der Waals surface area contributed by atoms with Crippen LogP contribution in [0.2, 0.25) is 0 Å². The van der Waals surface area contributed by atoms with Crippen LogP contribution in [0.1, 0.15) is 0 Å². The van der Waals surface area contributed by atoms with Gasteiger partial charge in [-0.2, -0.15) is 0 Å². The van der Waals surface area contributed by atoms with Crippen LogP contribution >= 0.6 is 37.2 Å². The second-order valence-electron chi connectivity index (χ2n) is 5.71. The number of benzene rings is 2. The molecule has 0 spiro atoms. The Morgan fingerprint density at radius 2 is 1.11 bits per heavy atom. The van der Waals surface area contributed by atoms with E-state index in [1.165, 1.54) is 0 Å². The zero-order chi connectivity index (χ0) is 17.2. The summed E-state index contributed by atoms with van der Waals surface area (Å²) in [5, 5.41) is 0. The second kappa shape index (κ2) is 10.7. The van der Waals surface area contributed by atoms with Crippen molar-refractivity contribution in [3.63, 3.8) is 0 Å². The van der Waals surface area contributed by atoms with E-state index in [1.54, 1.807) is 0 Å². The van der Waals surface area contributed by atoms with Crippen molar-refractivity contribution in [2.75, 3.05) is 0 Å². The molecular weight excluding hydrogens is 454 g/mol. The average Bonchev–Trinajstić information content (AvgIpc) is 3.15. The monoisotopic (exact) mass is 473 g/mol. The van der Waals surface area contributed by atoms with Gasteiger partial charge in [-0.1, -0.05) is 0 Å².